The van der Waals surface area contributed by atoms with Crippen LogP contribution in [0.25, 0.3) is 0 Å². The average molecular weight is 329 g/mol. The van der Waals surface area contributed by atoms with Gasteiger partial charge in [-0.2, -0.15) is 0 Å². The molecule has 24 heavy (non-hydrogen) atoms. The van der Waals surface area contributed by atoms with Gasteiger partial charge in [0, 0.05) is 19.0 Å². The number of esters is 1. The van der Waals surface area contributed by atoms with E-state index in [1.807, 2.05) is 24.0 Å². The van der Waals surface area contributed by atoms with Crippen molar-refractivity contribution in [2.45, 2.75) is 52.4 Å². The van der Waals surface area contributed by atoms with E-state index in [0.717, 1.165) is 18.4 Å². The number of aryl methyl sites for hydroxylation is 1. The fraction of sp³-hybridized carbons (Fsp3) is 0.600. The fourth-order valence-electron chi connectivity index (χ4n) is 3.29. The Bertz CT molecular complexity index is 626. The van der Waals surface area contributed by atoms with Crippen molar-refractivity contribution in [1.29, 1.82) is 0 Å². The molecule has 1 saturated heterocycles. The third-order valence-corrected chi connectivity index (χ3v) is 5.02. The first-order valence-corrected chi connectivity index (χ1v) is 9.06. The molecule has 0 aromatic heterocycles. The molecule has 3 rings (SSSR count). The molecule has 2 aliphatic rings. The number of benzene rings is 1. The summed E-state index contributed by atoms with van der Waals surface area (Å²) < 4.78 is 5.64. The second kappa shape index (κ2) is 6.96. The Morgan fingerprint density at radius 2 is 1.71 bits per heavy atom. The molecule has 1 aliphatic heterocycles. The lowest BCUT2D eigenvalue weighted by Crippen LogP contribution is -2.41. The van der Waals surface area contributed by atoms with Crippen molar-refractivity contribution in [3.8, 4) is 5.75 Å². The first-order chi connectivity index (χ1) is 11.4. The van der Waals surface area contributed by atoms with Gasteiger partial charge in [0.05, 0.1) is 5.92 Å². The van der Waals surface area contributed by atoms with Gasteiger partial charge in [-0.3, -0.25) is 9.59 Å². The van der Waals surface area contributed by atoms with Crippen LogP contribution < -0.4 is 4.74 Å². The molecule has 0 unspecified atom stereocenters. The van der Waals surface area contributed by atoms with Crippen molar-refractivity contribution < 1.29 is 14.3 Å². The van der Waals surface area contributed by atoms with Crippen molar-refractivity contribution in [2.75, 3.05) is 13.1 Å². The quantitative estimate of drug-likeness (QED) is 0.625. The standard InChI is InChI=1S/C20H27NO3/c1-13(2)17-10-14(3)11-18(12-17)24-20(23)16-6-8-21(9-7-16)19(22)15-4-5-15/h10-13,15-16H,4-9H2,1-3H3. The summed E-state index contributed by atoms with van der Waals surface area (Å²) in [5.74, 6) is 1.32. The van der Waals surface area contributed by atoms with Crippen LogP contribution >= 0.6 is 0 Å². The number of rotatable bonds is 4. The highest BCUT2D eigenvalue weighted by molar-refractivity contribution is 5.81. The van der Waals surface area contributed by atoms with Gasteiger partial charge in [-0.1, -0.05) is 19.9 Å². The number of amides is 1. The number of nitrogens with zero attached hydrogens (tertiary/aromatic N) is 1. The molecule has 130 valence electrons. The molecular weight excluding hydrogens is 302 g/mol. The lowest BCUT2D eigenvalue weighted by atomic mass is 9.96. The number of carbonyl (C=O) groups is 2. The predicted octanol–water partition coefficient (Wildman–Crippen LogP) is 3.67. The summed E-state index contributed by atoms with van der Waals surface area (Å²) in [7, 11) is 0. The van der Waals surface area contributed by atoms with E-state index in [0.29, 0.717) is 37.6 Å². The van der Waals surface area contributed by atoms with Crippen LogP contribution in [0.3, 0.4) is 0 Å². The number of likely N-dealkylation sites (tertiary alicyclic amines) is 1. The highest BCUT2D eigenvalue weighted by Gasteiger charge is 2.36. The van der Waals surface area contributed by atoms with Crippen LogP contribution in [0.1, 0.15) is 56.6 Å². The van der Waals surface area contributed by atoms with E-state index in [-0.39, 0.29) is 23.7 Å². The van der Waals surface area contributed by atoms with Gasteiger partial charge in [-0.05, 0) is 61.8 Å². The van der Waals surface area contributed by atoms with Crippen molar-refractivity contribution in [3.05, 3.63) is 29.3 Å². The topological polar surface area (TPSA) is 46.6 Å². The molecule has 1 aliphatic carbocycles. The Kier molecular flexibility index (Phi) is 4.93. The van der Waals surface area contributed by atoms with Crippen molar-refractivity contribution in [3.63, 3.8) is 0 Å². The maximum absolute atomic E-state index is 12.5. The van der Waals surface area contributed by atoms with Gasteiger partial charge < -0.3 is 9.64 Å². The SMILES string of the molecule is Cc1cc(OC(=O)C2CCN(C(=O)C3CC3)CC2)cc(C(C)C)c1. The molecule has 0 atom stereocenters. The smallest absolute Gasteiger partial charge is 0.314 e. The molecule has 4 nitrogen and oxygen atoms in total. The number of hydrogen-bond acceptors (Lipinski definition) is 3. The van der Waals surface area contributed by atoms with Crippen LogP contribution in [-0.4, -0.2) is 29.9 Å². The summed E-state index contributed by atoms with van der Waals surface area (Å²) in [6.45, 7) is 7.64. The Hall–Kier alpha value is -1.84. The Labute approximate surface area is 144 Å². The van der Waals surface area contributed by atoms with Crippen LogP contribution in [-0.2, 0) is 9.59 Å². The lowest BCUT2D eigenvalue weighted by Gasteiger charge is -2.31. The summed E-state index contributed by atoms with van der Waals surface area (Å²) >= 11 is 0. The molecule has 1 aromatic rings. The molecule has 0 bridgehead atoms. The van der Waals surface area contributed by atoms with Crippen molar-refractivity contribution in [2.24, 2.45) is 11.8 Å². The van der Waals surface area contributed by atoms with E-state index in [9.17, 15) is 9.59 Å². The fourth-order valence-corrected chi connectivity index (χ4v) is 3.29. The van der Waals surface area contributed by atoms with Gasteiger partial charge >= 0.3 is 5.97 Å². The summed E-state index contributed by atoms with van der Waals surface area (Å²) in [4.78, 5) is 26.5. The zero-order valence-electron chi connectivity index (χ0n) is 14.9. The zero-order chi connectivity index (χ0) is 17.3. The highest BCUT2D eigenvalue weighted by Crippen LogP contribution is 2.33. The number of carbonyl (C=O) groups excluding carboxylic acids is 2. The summed E-state index contributed by atoms with van der Waals surface area (Å²) in [5, 5.41) is 0. The van der Waals surface area contributed by atoms with E-state index >= 15 is 0 Å². The van der Waals surface area contributed by atoms with Crippen LogP contribution in [0.15, 0.2) is 18.2 Å². The Morgan fingerprint density at radius 3 is 2.29 bits per heavy atom. The molecule has 1 heterocycles. The zero-order valence-corrected chi connectivity index (χ0v) is 14.9. The van der Waals surface area contributed by atoms with Crippen LogP contribution in [0.2, 0.25) is 0 Å². The second-order valence-corrected chi connectivity index (χ2v) is 7.53. The Balaban J connectivity index is 1.57. The van der Waals surface area contributed by atoms with Crippen molar-refractivity contribution >= 4 is 11.9 Å². The molecule has 2 fully saturated rings. The van der Waals surface area contributed by atoms with Gasteiger partial charge in [0.1, 0.15) is 5.75 Å². The van der Waals surface area contributed by atoms with Crippen LogP contribution in [0, 0.1) is 18.8 Å². The maximum atomic E-state index is 12.5. The third kappa shape index (κ3) is 3.97. The van der Waals surface area contributed by atoms with Gasteiger partial charge in [0.15, 0.2) is 0 Å². The summed E-state index contributed by atoms with van der Waals surface area (Å²) in [5.41, 5.74) is 2.29. The van der Waals surface area contributed by atoms with E-state index in [4.69, 9.17) is 4.74 Å². The summed E-state index contributed by atoms with van der Waals surface area (Å²) in [6.07, 6.45) is 3.49. The second-order valence-electron chi connectivity index (χ2n) is 7.53. The van der Waals surface area contributed by atoms with E-state index in [1.54, 1.807) is 0 Å². The summed E-state index contributed by atoms with van der Waals surface area (Å²) in [6, 6.07) is 6.00. The Morgan fingerprint density at radius 1 is 1.04 bits per heavy atom. The van der Waals surface area contributed by atoms with E-state index in [2.05, 4.69) is 19.9 Å². The molecule has 0 N–H and O–H groups in total. The largest absolute Gasteiger partial charge is 0.426 e. The van der Waals surface area contributed by atoms with Gasteiger partial charge in [-0.15, -0.1) is 0 Å². The molecule has 1 amide bonds. The third-order valence-electron chi connectivity index (χ3n) is 5.02. The predicted molar refractivity (Wildman–Crippen MR) is 92.9 cm³/mol. The van der Waals surface area contributed by atoms with Gasteiger partial charge in [0.25, 0.3) is 0 Å². The average Bonchev–Trinajstić information content (AvgIpc) is 3.38. The minimum absolute atomic E-state index is 0.101. The number of piperidine rings is 1. The lowest BCUT2D eigenvalue weighted by molar-refractivity contribution is -0.143. The minimum atomic E-state index is -0.158. The van der Waals surface area contributed by atoms with E-state index < -0.39 is 0 Å². The number of ether oxygens (including phenoxy) is 1. The van der Waals surface area contributed by atoms with E-state index in [1.165, 1.54) is 5.56 Å². The highest BCUT2D eigenvalue weighted by atomic mass is 16.5. The monoisotopic (exact) mass is 329 g/mol. The first kappa shape index (κ1) is 17.0. The molecule has 1 aromatic carbocycles. The molecular formula is C20H27NO3. The van der Waals surface area contributed by atoms with Crippen molar-refractivity contribution in [1.82, 2.24) is 4.90 Å². The molecule has 1 saturated carbocycles. The number of hydrogen-bond donors (Lipinski definition) is 0. The molecule has 4 heteroatoms. The minimum Gasteiger partial charge on any atom is -0.426 e. The van der Waals surface area contributed by atoms with Crippen LogP contribution in [0.4, 0.5) is 0 Å². The van der Waals surface area contributed by atoms with Gasteiger partial charge in [0.2, 0.25) is 5.91 Å². The van der Waals surface area contributed by atoms with Gasteiger partial charge in [-0.25, -0.2) is 0 Å². The molecule has 0 radical (unpaired) electrons. The van der Waals surface area contributed by atoms with Crippen LogP contribution in [0.5, 0.6) is 5.75 Å². The first-order valence-electron chi connectivity index (χ1n) is 9.06. The molecule has 0 spiro atoms. The normalized spacial score (nSPS) is 18.8. The maximum Gasteiger partial charge on any atom is 0.314 e.